The molecule has 158 valence electrons. The second kappa shape index (κ2) is 7.67. The molecular formula is C25H20N4O3. The van der Waals surface area contributed by atoms with E-state index in [1.54, 1.807) is 20.3 Å². The van der Waals surface area contributed by atoms with Gasteiger partial charge in [-0.1, -0.05) is 48.5 Å². The molecule has 0 spiro atoms. The van der Waals surface area contributed by atoms with Crippen molar-refractivity contribution < 1.29 is 14.2 Å². The van der Waals surface area contributed by atoms with Crippen LogP contribution in [0.25, 0.3) is 22.0 Å². The summed E-state index contributed by atoms with van der Waals surface area (Å²) in [6, 6.07) is 22.0. The van der Waals surface area contributed by atoms with Crippen molar-refractivity contribution in [3.63, 3.8) is 0 Å². The number of allylic oxidation sites excluding steroid dienone is 1. The summed E-state index contributed by atoms with van der Waals surface area (Å²) in [5, 5.41) is 19.7. The van der Waals surface area contributed by atoms with E-state index in [0.29, 0.717) is 17.4 Å². The van der Waals surface area contributed by atoms with Crippen LogP contribution in [0.4, 0.5) is 0 Å². The van der Waals surface area contributed by atoms with Gasteiger partial charge in [0, 0.05) is 11.1 Å². The van der Waals surface area contributed by atoms with Crippen LogP contribution in [-0.2, 0) is 0 Å². The zero-order chi connectivity index (χ0) is 22.2. The van der Waals surface area contributed by atoms with Gasteiger partial charge in [0.15, 0.2) is 11.5 Å². The molecule has 0 amide bonds. The molecule has 0 saturated heterocycles. The van der Waals surface area contributed by atoms with E-state index in [0.717, 1.165) is 33.2 Å². The van der Waals surface area contributed by atoms with Gasteiger partial charge in [0.1, 0.15) is 11.6 Å². The van der Waals surface area contributed by atoms with Crippen molar-refractivity contribution in [1.82, 2.24) is 10.2 Å². The maximum atomic E-state index is 9.98. The highest BCUT2D eigenvalue weighted by molar-refractivity contribution is 5.87. The van der Waals surface area contributed by atoms with Gasteiger partial charge in [-0.2, -0.15) is 5.26 Å². The third-order valence-electron chi connectivity index (χ3n) is 5.72. The number of hydrogen-bond donors (Lipinski definition) is 2. The lowest BCUT2D eigenvalue weighted by atomic mass is 9.82. The average molecular weight is 424 g/mol. The van der Waals surface area contributed by atoms with Crippen LogP contribution in [0.3, 0.4) is 0 Å². The summed E-state index contributed by atoms with van der Waals surface area (Å²) in [5.74, 6) is 0.892. The van der Waals surface area contributed by atoms with E-state index in [2.05, 4.69) is 40.5 Å². The van der Waals surface area contributed by atoms with Gasteiger partial charge in [0.2, 0.25) is 11.8 Å². The second-order valence-electron chi connectivity index (χ2n) is 7.39. The molecule has 2 heterocycles. The highest BCUT2D eigenvalue weighted by Gasteiger charge is 2.37. The smallest absolute Gasteiger partial charge is 0.244 e. The summed E-state index contributed by atoms with van der Waals surface area (Å²) >= 11 is 0. The lowest BCUT2D eigenvalue weighted by Gasteiger charge is -2.26. The second-order valence-corrected chi connectivity index (χ2v) is 7.39. The molecule has 32 heavy (non-hydrogen) atoms. The highest BCUT2D eigenvalue weighted by atomic mass is 16.5. The fraction of sp³-hybridized carbons (Fsp3) is 0.120. The lowest BCUT2D eigenvalue weighted by molar-refractivity contribution is 0.348. The standard InChI is InChI=1S/C25H20N4O3/c1-30-19-9-5-8-17(23(19)31-2)20-18(13-26)24(27)32-25-21(20)22(28-29-25)16-11-10-14-6-3-4-7-15(14)12-16/h3-12,20H,27H2,1-2H3,(H,28,29)/t20-/m1/s1. The first-order chi connectivity index (χ1) is 15.7. The third-order valence-corrected chi connectivity index (χ3v) is 5.72. The predicted octanol–water partition coefficient (Wildman–Crippen LogP) is 4.47. The van der Waals surface area contributed by atoms with E-state index in [9.17, 15) is 5.26 Å². The number of nitrogens with zero attached hydrogens (tertiary/aromatic N) is 2. The molecule has 1 aliphatic heterocycles. The minimum absolute atomic E-state index is 0.0198. The van der Waals surface area contributed by atoms with E-state index >= 15 is 0 Å². The molecule has 0 fully saturated rings. The number of aromatic amines is 1. The Bertz CT molecular complexity index is 1410. The topological polar surface area (TPSA) is 106 Å². The number of aromatic nitrogens is 2. The van der Waals surface area contributed by atoms with Gasteiger partial charge in [-0.25, -0.2) is 0 Å². The van der Waals surface area contributed by atoms with Crippen molar-refractivity contribution in [3.05, 3.63) is 83.2 Å². The van der Waals surface area contributed by atoms with E-state index in [-0.39, 0.29) is 11.5 Å². The van der Waals surface area contributed by atoms with Crippen molar-refractivity contribution >= 4 is 10.8 Å². The molecule has 0 radical (unpaired) electrons. The average Bonchev–Trinajstić information content (AvgIpc) is 3.25. The van der Waals surface area contributed by atoms with Crippen molar-refractivity contribution in [1.29, 1.82) is 5.26 Å². The first kappa shape index (κ1) is 19.5. The third kappa shape index (κ3) is 2.93. The monoisotopic (exact) mass is 424 g/mol. The number of nitriles is 1. The maximum absolute atomic E-state index is 9.98. The fourth-order valence-electron chi connectivity index (χ4n) is 4.26. The first-order valence-corrected chi connectivity index (χ1v) is 10.0. The van der Waals surface area contributed by atoms with Gasteiger partial charge >= 0.3 is 0 Å². The molecule has 1 aliphatic rings. The Balaban J connectivity index is 1.76. The molecule has 0 unspecified atom stereocenters. The van der Waals surface area contributed by atoms with E-state index in [4.69, 9.17) is 19.9 Å². The number of benzene rings is 3. The van der Waals surface area contributed by atoms with Crippen LogP contribution in [0.1, 0.15) is 17.0 Å². The normalized spacial score (nSPS) is 15.1. The maximum Gasteiger partial charge on any atom is 0.244 e. The number of hydrogen-bond acceptors (Lipinski definition) is 6. The van der Waals surface area contributed by atoms with Gasteiger partial charge in [-0.05, 0) is 22.9 Å². The zero-order valence-corrected chi connectivity index (χ0v) is 17.5. The van der Waals surface area contributed by atoms with Crippen LogP contribution >= 0.6 is 0 Å². The number of rotatable bonds is 4. The number of nitrogens with one attached hydrogen (secondary N) is 1. The molecule has 5 rings (SSSR count). The molecule has 1 aromatic heterocycles. The number of fused-ring (bicyclic) bond motifs is 2. The highest BCUT2D eigenvalue weighted by Crippen LogP contribution is 2.49. The first-order valence-electron chi connectivity index (χ1n) is 10.0. The van der Waals surface area contributed by atoms with Gasteiger partial charge in [0.05, 0.1) is 31.4 Å². The van der Waals surface area contributed by atoms with Crippen molar-refractivity contribution in [2.24, 2.45) is 5.73 Å². The summed E-state index contributed by atoms with van der Waals surface area (Å²) in [7, 11) is 3.14. The van der Waals surface area contributed by atoms with E-state index in [1.807, 2.05) is 30.3 Å². The number of H-pyrrole nitrogens is 1. The fourth-order valence-corrected chi connectivity index (χ4v) is 4.26. The summed E-state index contributed by atoms with van der Waals surface area (Å²) in [4.78, 5) is 0. The summed E-state index contributed by atoms with van der Waals surface area (Å²) in [5.41, 5.74) is 9.54. The van der Waals surface area contributed by atoms with Gasteiger partial charge in [0.25, 0.3) is 0 Å². The number of nitrogens with two attached hydrogens (primary N) is 1. The van der Waals surface area contributed by atoms with Gasteiger partial charge < -0.3 is 19.9 Å². The molecule has 0 aliphatic carbocycles. The quantitative estimate of drug-likeness (QED) is 0.501. The van der Waals surface area contributed by atoms with Gasteiger partial charge in [-0.15, -0.1) is 5.10 Å². The predicted molar refractivity (Wildman–Crippen MR) is 120 cm³/mol. The summed E-state index contributed by atoms with van der Waals surface area (Å²) in [6.45, 7) is 0. The Morgan fingerprint density at radius 1 is 1.03 bits per heavy atom. The van der Waals surface area contributed by atoms with E-state index < -0.39 is 5.92 Å². The molecule has 1 atom stereocenters. The Labute approximate surface area is 184 Å². The molecule has 7 heteroatoms. The van der Waals surface area contributed by atoms with Gasteiger partial charge in [-0.3, -0.25) is 5.10 Å². The van der Waals surface area contributed by atoms with Crippen molar-refractivity contribution in [3.8, 4) is 34.7 Å². The number of methoxy groups -OCH3 is 2. The zero-order valence-electron chi connectivity index (χ0n) is 17.5. The van der Waals surface area contributed by atoms with Crippen LogP contribution in [0.15, 0.2) is 72.1 Å². The molecule has 0 bridgehead atoms. The van der Waals surface area contributed by atoms with Crippen LogP contribution in [-0.4, -0.2) is 24.4 Å². The molecule has 7 nitrogen and oxygen atoms in total. The summed E-state index contributed by atoms with van der Waals surface area (Å²) < 4.78 is 16.9. The Kier molecular flexibility index (Phi) is 4.68. The Morgan fingerprint density at radius 2 is 1.84 bits per heavy atom. The Hall–Kier alpha value is -4.44. The van der Waals surface area contributed by atoms with Crippen LogP contribution in [0, 0.1) is 11.3 Å². The number of para-hydroxylation sites is 1. The molecule has 3 aromatic carbocycles. The minimum atomic E-state index is -0.547. The van der Waals surface area contributed by atoms with Crippen molar-refractivity contribution in [2.45, 2.75) is 5.92 Å². The van der Waals surface area contributed by atoms with Crippen molar-refractivity contribution in [2.75, 3.05) is 14.2 Å². The largest absolute Gasteiger partial charge is 0.493 e. The Morgan fingerprint density at radius 3 is 2.59 bits per heavy atom. The minimum Gasteiger partial charge on any atom is -0.493 e. The summed E-state index contributed by atoms with van der Waals surface area (Å²) in [6.07, 6.45) is 0. The van der Waals surface area contributed by atoms with Crippen LogP contribution in [0.5, 0.6) is 17.4 Å². The van der Waals surface area contributed by atoms with Crippen LogP contribution in [0.2, 0.25) is 0 Å². The molecule has 0 saturated carbocycles. The molecule has 3 N–H and O–H groups in total. The number of ether oxygens (including phenoxy) is 3. The lowest BCUT2D eigenvalue weighted by Crippen LogP contribution is -2.21. The van der Waals surface area contributed by atoms with Crippen LogP contribution < -0.4 is 19.9 Å². The molecular weight excluding hydrogens is 404 g/mol. The SMILES string of the molecule is COc1cccc([C@@H]2C(C#N)=C(N)Oc3n[nH]c(-c4ccc5ccccc5c4)c32)c1OC. The molecule has 4 aromatic rings. The van der Waals surface area contributed by atoms with E-state index in [1.165, 1.54) is 0 Å².